The molecule has 2 saturated carbocycles. The molecule has 0 bridgehead atoms. The minimum absolute atomic E-state index is 0.125. The van der Waals surface area contributed by atoms with Crippen molar-refractivity contribution in [2.45, 2.75) is 76.9 Å². The van der Waals surface area contributed by atoms with Crippen LogP contribution in [0.3, 0.4) is 0 Å². The maximum absolute atomic E-state index is 10.2. The molecule has 0 saturated heterocycles. The second-order valence-electron chi connectivity index (χ2n) is 11.3. The third-order valence-electron chi connectivity index (χ3n) is 9.69. The first-order chi connectivity index (χ1) is 15.9. The SMILES string of the molecule is COc1cccc(CNc2nc3c(s2)C[C@H]2[C@@H]4CC=C5C[C@@H](O)CC[C@]5(C)[C@H]4CC[C@]32C)c1. The summed E-state index contributed by atoms with van der Waals surface area (Å²) in [5.41, 5.74) is 4.66. The van der Waals surface area contributed by atoms with Crippen molar-refractivity contribution in [1.29, 1.82) is 0 Å². The average molecular weight is 465 g/mol. The summed E-state index contributed by atoms with van der Waals surface area (Å²) in [6.45, 7) is 5.78. The third kappa shape index (κ3) is 3.37. The molecule has 0 amide bonds. The first-order valence-electron chi connectivity index (χ1n) is 12.7. The first-order valence-corrected chi connectivity index (χ1v) is 13.5. The Morgan fingerprint density at radius 2 is 2.00 bits per heavy atom. The van der Waals surface area contributed by atoms with Gasteiger partial charge in [0.1, 0.15) is 5.75 Å². The maximum Gasteiger partial charge on any atom is 0.183 e. The van der Waals surface area contributed by atoms with Crippen LogP contribution in [-0.2, 0) is 18.4 Å². The van der Waals surface area contributed by atoms with E-state index >= 15 is 0 Å². The highest BCUT2D eigenvalue weighted by molar-refractivity contribution is 7.15. The Balaban J connectivity index is 1.21. The van der Waals surface area contributed by atoms with Crippen molar-refractivity contribution in [2.75, 3.05) is 12.4 Å². The smallest absolute Gasteiger partial charge is 0.183 e. The molecule has 2 fully saturated rings. The fraction of sp³-hybridized carbons (Fsp3) is 0.607. The van der Waals surface area contributed by atoms with Crippen LogP contribution < -0.4 is 10.1 Å². The first kappa shape index (κ1) is 21.7. The molecule has 4 aliphatic rings. The Morgan fingerprint density at radius 3 is 2.85 bits per heavy atom. The van der Waals surface area contributed by atoms with Crippen molar-refractivity contribution >= 4 is 16.5 Å². The van der Waals surface area contributed by atoms with Gasteiger partial charge in [-0.25, -0.2) is 4.98 Å². The average Bonchev–Trinajstić information content (AvgIpc) is 3.35. The lowest BCUT2D eigenvalue weighted by Crippen LogP contribution is -2.51. The van der Waals surface area contributed by atoms with E-state index in [9.17, 15) is 5.11 Å². The second-order valence-corrected chi connectivity index (χ2v) is 12.4. The maximum atomic E-state index is 10.2. The molecule has 4 aliphatic carbocycles. The third-order valence-corrected chi connectivity index (χ3v) is 10.7. The van der Waals surface area contributed by atoms with Gasteiger partial charge in [-0.1, -0.05) is 37.6 Å². The van der Waals surface area contributed by atoms with E-state index < -0.39 is 0 Å². The van der Waals surface area contributed by atoms with Crippen LogP contribution in [0.15, 0.2) is 35.9 Å². The van der Waals surface area contributed by atoms with Crippen molar-refractivity contribution in [1.82, 2.24) is 4.98 Å². The van der Waals surface area contributed by atoms with Crippen LogP contribution in [0.2, 0.25) is 0 Å². The molecule has 0 radical (unpaired) electrons. The van der Waals surface area contributed by atoms with Gasteiger partial charge in [0, 0.05) is 16.8 Å². The van der Waals surface area contributed by atoms with Gasteiger partial charge in [-0.05, 0) is 85.8 Å². The predicted molar refractivity (Wildman–Crippen MR) is 134 cm³/mol. The van der Waals surface area contributed by atoms with E-state index in [1.165, 1.54) is 41.8 Å². The fourth-order valence-corrected chi connectivity index (χ4v) is 8.96. The van der Waals surface area contributed by atoms with Gasteiger partial charge < -0.3 is 15.2 Å². The van der Waals surface area contributed by atoms with Crippen LogP contribution in [0.4, 0.5) is 5.13 Å². The number of fused-ring (bicyclic) bond motifs is 7. The van der Waals surface area contributed by atoms with Crippen LogP contribution in [0.5, 0.6) is 5.75 Å². The van der Waals surface area contributed by atoms with Gasteiger partial charge in [-0.2, -0.15) is 0 Å². The van der Waals surface area contributed by atoms with E-state index in [0.717, 1.165) is 48.5 Å². The molecule has 176 valence electrons. The Hall–Kier alpha value is -1.85. The van der Waals surface area contributed by atoms with Crippen LogP contribution >= 0.6 is 11.3 Å². The molecule has 2 N–H and O–H groups in total. The van der Waals surface area contributed by atoms with Crippen LogP contribution in [0, 0.1) is 23.2 Å². The minimum Gasteiger partial charge on any atom is -0.497 e. The lowest BCUT2D eigenvalue weighted by Gasteiger charge is -2.57. The monoisotopic (exact) mass is 464 g/mol. The summed E-state index contributed by atoms with van der Waals surface area (Å²) in [7, 11) is 1.71. The number of rotatable bonds is 4. The van der Waals surface area contributed by atoms with E-state index in [1.54, 1.807) is 12.7 Å². The van der Waals surface area contributed by atoms with Crippen LogP contribution in [0.25, 0.3) is 0 Å². The van der Waals surface area contributed by atoms with Gasteiger partial charge in [0.25, 0.3) is 0 Å². The quantitative estimate of drug-likeness (QED) is 0.537. The lowest BCUT2D eigenvalue weighted by atomic mass is 9.48. The van der Waals surface area contributed by atoms with E-state index in [1.807, 2.05) is 23.5 Å². The van der Waals surface area contributed by atoms with E-state index in [4.69, 9.17) is 9.72 Å². The number of methoxy groups -OCH3 is 1. The zero-order valence-electron chi connectivity index (χ0n) is 20.1. The topological polar surface area (TPSA) is 54.4 Å². The Kier molecular flexibility index (Phi) is 5.15. The van der Waals surface area contributed by atoms with E-state index in [0.29, 0.717) is 11.3 Å². The normalized spacial score (nSPS) is 36.8. The van der Waals surface area contributed by atoms with Crippen molar-refractivity contribution in [3.8, 4) is 5.75 Å². The molecule has 4 nitrogen and oxygen atoms in total. The van der Waals surface area contributed by atoms with Crippen molar-refractivity contribution in [2.24, 2.45) is 23.2 Å². The molecular formula is C28H36N2O2S. The van der Waals surface area contributed by atoms with Gasteiger partial charge in [0.15, 0.2) is 5.13 Å². The summed E-state index contributed by atoms with van der Waals surface area (Å²) in [5, 5.41) is 14.9. The van der Waals surface area contributed by atoms with Gasteiger partial charge >= 0.3 is 0 Å². The Bertz CT molecular complexity index is 1090. The number of allylic oxidation sites excluding steroid dienone is 1. The molecule has 33 heavy (non-hydrogen) atoms. The second kappa shape index (κ2) is 7.84. The number of hydrogen-bond donors (Lipinski definition) is 2. The summed E-state index contributed by atoms with van der Waals surface area (Å²) < 4.78 is 5.36. The molecular weight excluding hydrogens is 428 g/mol. The number of aliphatic hydroxyl groups excluding tert-OH is 1. The molecule has 0 spiro atoms. The van der Waals surface area contributed by atoms with Crippen LogP contribution in [-0.4, -0.2) is 23.3 Å². The van der Waals surface area contributed by atoms with Crippen molar-refractivity contribution < 1.29 is 9.84 Å². The summed E-state index contributed by atoms with van der Waals surface area (Å²) in [6.07, 6.45) is 10.3. The van der Waals surface area contributed by atoms with Gasteiger partial charge in [0.05, 0.1) is 18.9 Å². The van der Waals surface area contributed by atoms with Crippen molar-refractivity contribution in [3.63, 3.8) is 0 Å². The zero-order valence-corrected chi connectivity index (χ0v) is 20.9. The number of ether oxygens (including phenoxy) is 1. The Labute approximate surface area is 201 Å². The summed E-state index contributed by atoms with van der Waals surface area (Å²) in [6, 6.07) is 8.24. The number of hydrogen-bond acceptors (Lipinski definition) is 5. The van der Waals surface area contributed by atoms with Gasteiger partial charge in [0.2, 0.25) is 0 Å². The van der Waals surface area contributed by atoms with Gasteiger partial charge in [-0.3, -0.25) is 0 Å². The predicted octanol–water partition coefficient (Wildman–Crippen LogP) is 6.10. The molecule has 6 rings (SSSR count). The molecule has 1 aromatic heterocycles. The molecule has 5 heteroatoms. The standard InChI is InChI=1S/C28H36N2O2S/c1-27-11-9-19(31)14-18(27)7-8-21-22(27)10-12-28(2)23(21)15-24-25(28)30-26(33-24)29-16-17-5-4-6-20(13-17)32-3/h4-7,13,19,21-23,31H,8-12,14-16H2,1-3H3,(H,29,30)/t19-,21+,22-,23-,27-,28-/m0/s1. The van der Waals surface area contributed by atoms with Crippen LogP contribution in [0.1, 0.15) is 68.5 Å². The highest BCUT2D eigenvalue weighted by atomic mass is 32.1. The molecule has 0 aliphatic heterocycles. The molecule has 1 aromatic carbocycles. The highest BCUT2D eigenvalue weighted by Crippen LogP contribution is 2.64. The van der Waals surface area contributed by atoms with E-state index in [-0.39, 0.29) is 11.5 Å². The fourth-order valence-electron chi connectivity index (χ4n) is 7.80. The number of aliphatic hydroxyl groups is 1. The number of anilines is 1. The summed E-state index contributed by atoms with van der Waals surface area (Å²) in [4.78, 5) is 6.69. The van der Waals surface area contributed by atoms with Gasteiger partial charge in [-0.15, -0.1) is 11.3 Å². The number of thiazole rings is 1. The number of aromatic nitrogens is 1. The Morgan fingerprint density at radius 1 is 1.15 bits per heavy atom. The zero-order chi connectivity index (χ0) is 22.8. The summed E-state index contributed by atoms with van der Waals surface area (Å²) in [5.74, 6) is 3.12. The largest absolute Gasteiger partial charge is 0.497 e. The number of nitrogens with zero attached hydrogens (tertiary/aromatic N) is 1. The lowest BCUT2D eigenvalue weighted by molar-refractivity contribution is -0.0169. The molecule has 6 atom stereocenters. The van der Waals surface area contributed by atoms with E-state index in [2.05, 4.69) is 37.4 Å². The minimum atomic E-state index is -0.125. The molecule has 1 heterocycles. The molecule has 0 unspecified atom stereocenters. The number of benzene rings is 1. The van der Waals surface area contributed by atoms with Crippen molar-refractivity contribution in [3.05, 3.63) is 52.0 Å². The number of nitrogens with one attached hydrogen (secondary N) is 1. The highest BCUT2D eigenvalue weighted by Gasteiger charge is 2.58. The molecule has 2 aromatic rings. The summed E-state index contributed by atoms with van der Waals surface area (Å²) >= 11 is 1.88.